The van der Waals surface area contributed by atoms with E-state index in [1.165, 1.54) is 0 Å². The molecule has 3 nitrogen and oxygen atoms in total. The molecule has 0 aromatic rings. The molecule has 0 aromatic carbocycles. The maximum atomic E-state index is 9.19. The van der Waals surface area contributed by atoms with Crippen LogP contribution in [0.4, 0.5) is 4.79 Å². The number of rotatable bonds is 0. The third kappa shape index (κ3) is 4.19. The van der Waals surface area contributed by atoms with Crippen molar-refractivity contribution in [3.8, 4) is 0 Å². The summed E-state index contributed by atoms with van der Waals surface area (Å²) in [7, 11) is 0. The average Bonchev–Trinajstić information content (AvgIpc) is 1.38. The Kier molecular flexibility index (Phi) is 2.52. The number of carbonyl (C=O) groups is 1. The Bertz CT molecular complexity index is 42.2. The first kappa shape index (κ1) is 5.19. The number of hydrogen-bond donors (Lipinski definition) is 1. The molecule has 0 aromatic heterocycles. The Hall–Kier alpha value is 0.192. The zero-order valence-corrected chi connectivity index (χ0v) is 6.83. The predicted molar refractivity (Wildman–Crippen MR) is 14.9 cm³/mol. The molecule has 0 unspecified atom stereocenters. The van der Waals surface area contributed by atoms with Crippen molar-refractivity contribution in [2.75, 3.05) is 0 Å². The summed E-state index contributed by atoms with van der Waals surface area (Å²) < 4.78 is 3.83. The van der Waals surface area contributed by atoms with E-state index in [2.05, 4.69) is 2.69 Å². The molecule has 0 saturated heterocycles. The molecule has 0 aliphatic carbocycles. The van der Waals surface area contributed by atoms with Crippen LogP contribution < -0.4 is 0 Å². The SMILES string of the molecule is O=C(O)[O][Tl]. The van der Waals surface area contributed by atoms with Gasteiger partial charge in [0.25, 0.3) is 0 Å². The van der Waals surface area contributed by atoms with Crippen LogP contribution in [0.15, 0.2) is 0 Å². The quantitative estimate of drug-likeness (QED) is 0.615. The summed E-state index contributed by atoms with van der Waals surface area (Å²) in [4.78, 5) is 9.19. The van der Waals surface area contributed by atoms with E-state index >= 15 is 0 Å². The van der Waals surface area contributed by atoms with Crippen molar-refractivity contribution in [3.63, 3.8) is 0 Å². The molecule has 1 N–H and O–H groups in total. The van der Waals surface area contributed by atoms with Crippen molar-refractivity contribution in [3.05, 3.63) is 0 Å². The normalized spacial score (nSPS) is 6.20. The fourth-order valence-corrected chi connectivity index (χ4v) is 0. The molecule has 0 spiro atoms. The van der Waals surface area contributed by atoms with Gasteiger partial charge in [-0.2, -0.15) is 0 Å². The van der Waals surface area contributed by atoms with Crippen LogP contribution in [0.5, 0.6) is 0 Å². The van der Waals surface area contributed by atoms with Crippen LogP contribution >= 0.6 is 0 Å². The van der Waals surface area contributed by atoms with Gasteiger partial charge in [-0.3, -0.25) is 0 Å². The van der Waals surface area contributed by atoms with Gasteiger partial charge in [0.05, 0.1) is 0 Å². The topological polar surface area (TPSA) is 46.5 Å². The van der Waals surface area contributed by atoms with Crippen LogP contribution in [0.2, 0.25) is 0 Å². The zero-order chi connectivity index (χ0) is 4.28. The van der Waals surface area contributed by atoms with Crippen LogP contribution in [-0.2, 0) is 2.69 Å². The molecule has 0 atom stereocenters. The Balaban J connectivity index is 2.85. The van der Waals surface area contributed by atoms with E-state index in [0.717, 1.165) is 0 Å². The first-order chi connectivity index (χ1) is 2.27. The second-order valence-electron chi connectivity index (χ2n) is 0.384. The minimum absolute atomic E-state index is 0.109. The van der Waals surface area contributed by atoms with Gasteiger partial charge in [-0.05, 0) is 0 Å². The van der Waals surface area contributed by atoms with Crippen molar-refractivity contribution < 1.29 is 12.6 Å². The first-order valence-corrected chi connectivity index (χ1v) is 2.70. The van der Waals surface area contributed by atoms with Crippen molar-refractivity contribution in [1.29, 1.82) is 0 Å². The summed E-state index contributed by atoms with van der Waals surface area (Å²) in [6.45, 7) is 0. The van der Waals surface area contributed by atoms with E-state index in [0.29, 0.717) is 0 Å². The molecule has 4 heteroatoms. The monoisotopic (exact) mass is 266 g/mol. The van der Waals surface area contributed by atoms with E-state index in [1.54, 1.807) is 0 Å². The van der Waals surface area contributed by atoms with Crippen molar-refractivity contribution >= 4 is 32.4 Å². The molecular weight excluding hydrogens is 264 g/mol. The van der Waals surface area contributed by atoms with Gasteiger partial charge in [0.2, 0.25) is 0 Å². The first-order valence-electron chi connectivity index (χ1n) is 0.868. The van der Waals surface area contributed by atoms with Crippen molar-refractivity contribution in [1.82, 2.24) is 0 Å². The maximum absolute atomic E-state index is 9.19. The summed E-state index contributed by atoms with van der Waals surface area (Å²) in [6, 6.07) is 0. The van der Waals surface area contributed by atoms with Gasteiger partial charge < -0.3 is 0 Å². The van der Waals surface area contributed by atoms with Gasteiger partial charge >= 0.3 is 45.0 Å². The summed E-state index contributed by atoms with van der Waals surface area (Å²) in [5.41, 5.74) is 0. The fourth-order valence-electron chi connectivity index (χ4n) is 0. The summed E-state index contributed by atoms with van der Waals surface area (Å²) in [5, 5.41) is 7.54. The van der Waals surface area contributed by atoms with Gasteiger partial charge in [-0.1, -0.05) is 0 Å². The molecule has 0 radical (unpaired) electrons. The van der Waals surface area contributed by atoms with Crippen LogP contribution in [0.1, 0.15) is 0 Å². The van der Waals surface area contributed by atoms with E-state index in [9.17, 15) is 4.79 Å². The third-order valence-corrected chi connectivity index (χ3v) is 0.885. The predicted octanol–water partition coefficient (Wildman–Crippen LogP) is -0.236. The van der Waals surface area contributed by atoms with E-state index in [-0.39, 0.29) is 26.2 Å². The van der Waals surface area contributed by atoms with Gasteiger partial charge in [-0.15, -0.1) is 0 Å². The van der Waals surface area contributed by atoms with E-state index in [4.69, 9.17) is 5.11 Å². The Morgan fingerprint density at radius 3 is 2.20 bits per heavy atom. The van der Waals surface area contributed by atoms with Gasteiger partial charge in [0.15, 0.2) is 0 Å². The van der Waals surface area contributed by atoms with Crippen LogP contribution in [0, 0.1) is 0 Å². The average molecular weight is 265 g/mol. The number of hydrogen-bond acceptors (Lipinski definition) is 2. The molecule has 0 heterocycles. The second kappa shape index (κ2) is 2.43. The fraction of sp³-hybridized carbons (Fsp3) is 0. The molecule has 0 aliphatic rings. The van der Waals surface area contributed by atoms with Crippen LogP contribution in [0.3, 0.4) is 0 Å². The molecular formula is CHO3Tl. The molecule has 0 aliphatic heterocycles. The summed E-state index contributed by atoms with van der Waals surface area (Å²) in [5.74, 6) is 0. The summed E-state index contributed by atoms with van der Waals surface area (Å²) in [6.07, 6.45) is -1.17. The molecule has 26 valence electrons. The second-order valence-corrected chi connectivity index (χ2v) is 1.30. The van der Waals surface area contributed by atoms with E-state index < -0.39 is 6.16 Å². The van der Waals surface area contributed by atoms with Crippen molar-refractivity contribution in [2.24, 2.45) is 0 Å². The Labute approximate surface area is 45.3 Å². The van der Waals surface area contributed by atoms with E-state index in [1.807, 2.05) is 0 Å². The molecule has 0 bridgehead atoms. The number of carboxylic acid groups (broad SMARTS) is 1. The third-order valence-electron chi connectivity index (χ3n) is 0.101. The molecule has 5 heavy (non-hydrogen) atoms. The molecule has 0 rings (SSSR count). The van der Waals surface area contributed by atoms with Crippen molar-refractivity contribution in [2.45, 2.75) is 0 Å². The Morgan fingerprint density at radius 1 is 2.00 bits per heavy atom. The van der Waals surface area contributed by atoms with Gasteiger partial charge in [0, 0.05) is 0 Å². The molecule has 0 saturated carbocycles. The van der Waals surface area contributed by atoms with Gasteiger partial charge in [-0.25, -0.2) is 0 Å². The summed E-state index contributed by atoms with van der Waals surface area (Å²) >= 11 is 0.109. The molecule has 0 amide bonds. The Morgan fingerprint density at radius 2 is 2.20 bits per heavy atom. The molecule has 0 fully saturated rings. The standard InChI is InChI=1S/CH2O3.Tl/c2-1(3)4;/h(H2,2,3,4);/q;+1/p-1. The van der Waals surface area contributed by atoms with Crippen LogP contribution in [0.25, 0.3) is 0 Å². The minimum atomic E-state index is -1.17. The van der Waals surface area contributed by atoms with Gasteiger partial charge in [0.1, 0.15) is 0 Å². The zero-order valence-electron chi connectivity index (χ0n) is 2.34. The van der Waals surface area contributed by atoms with Crippen LogP contribution in [-0.4, -0.2) is 37.5 Å².